The van der Waals surface area contributed by atoms with Crippen LogP contribution in [0, 0.1) is 5.92 Å². The predicted molar refractivity (Wildman–Crippen MR) is 61.9 cm³/mol. The third-order valence-electron chi connectivity index (χ3n) is 3.36. The van der Waals surface area contributed by atoms with Crippen LogP contribution in [0.1, 0.15) is 30.3 Å². The van der Waals surface area contributed by atoms with Gasteiger partial charge in [0.15, 0.2) is 5.69 Å². The zero-order valence-electron chi connectivity index (χ0n) is 10.4. The summed E-state index contributed by atoms with van der Waals surface area (Å²) in [6.07, 6.45) is 3.60. The number of aromatic carboxylic acids is 1. The van der Waals surface area contributed by atoms with Crippen LogP contribution in [0.15, 0.2) is 6.20 Å². The van der Waals surface area contributed by atoms with Crippen LogP contribution in [0.25, 0.3) is 0 Å². The molecule has 0 spiro atoms. The third kappa shape index (κ3) is 2.66. The van der Waals surface area contributed by atoms with Gasteiger partial charge in [-0.1, -0.05) is 5.21 Å². The maximum absolute atomic E-state index is 12.0. The lowest BCUT2D eigenvalue weighted by Crippen LogP contribution is -2.38. The number of carbonyl (C=O) groups excluding carboxylic acids is 1. The second-order valence-corrected chi connectivity index (χ2v) is 4.69. The summed E-state index contributed by atoms with van der Waals surface area (Å²) in [4.78, 5) is 24.3. The molecule has 98 valence electrons. The van der Waals surface area contributed by atoms with Crippen LogP contribution in [-0.4, -0.2) is 50.0 Å². The van der Waals surface area contributed by atoms with E-state index in [1.54, 1.807) is 11.9 Å². The lowest BCUT2D eigenvalue weighted by Gasteiger charge is -2.24. The molecule has 7 heteroatoms. The van der Waals surface area contributed by atoms with Crippen LogP contribution in [0.5, 0.6) is 0 Å². The largest absolute Gasteiger partial charge is 0.476 e. The summed E-state index contributed by atoms with van der Waals surface area (Å²) >= 11 is 0. The average Bonchev–Trinajstić information content (AvgIpc) is 3.07. The lowest BCUT2D eigenvalue weighted by atomic mass is 10.2. The summed E-state index contributed by atoms with van der Waals surface area (Å²) in [5.74, 6) is -0.631. The van der Waals surface area contributed by atoms with Crippen molar-refractivity contribution in [3.63, 3.8) is 0 Å². The van der Waals surface area contributed by atoms with Crippen molar-refractivity contribution in [3.8, 4) is 0 Å². The Kier molecular flexibility index (Phi) is 3.31. The zero-order chi connectivity index (χ0) is 13.3. The van der Waals surface area contributed by atoms with Crippen molar-refractivity contribution in [2.75, 3.05) is 7.05 Å². The van der Waals surface area contributed by atoms with Gasteiger partial charge in [0.25, 0.3) is 0 Å². The minimum atomic E-state index is -1.14. The van der Waals surface area contributed by atoms with E-state index in [9.17, 15) is 9.59 Å². The third-order valence-corrected chi connectivity index (χ3v) is 3.36. The van der Waals surface area contributed by atoms with E-state index in [1.807, 2.05) is 6.92 Å². The Morgan fingerprint density at radius 3 is 2.78 bits per heavy atom. The van der Waals surface area contributed by atoms with Gasteiger partial charge in [0.2, 0.25) is 5.91 Å². The molecular weight excluding hydrogens is 236 g/mol. The van der Waals surface area contributed by atoms with E-state index < -0.39 is 5.97 Å². The first kappa shape index (κ1) is 12.5. The highest BCUT2D eigenvalue weighted by Crippen LogP contribution is 2.34. The Hall–Kier alpha value is -1.92. The summed E-state index contributed by atoms with van der Waals surface area (Å²) in [5.41, 5.74) is -0.152. The van der Waals surface area contributed by atoms with Crippen LogP contribution >= 0.6 is 0 Å². The standard InChI is InChI=1S/C11H16N4O3/c1-7(8-3-4-8)14(2)10(16)6-15-5-9(11(17)18)12-13-15/h5,7-8H,3-4,6H2,1-2H3,(H,17,18). The Labute approximate surface area is 104 Å². The van der Waals surface area contributed by atoms with Crippen molar-refractivity contribution in [1.82, 2.24) is 19.9 Å². The van der Waals surface area contributed by atoms with Gasteiger partial charge in [0.05, 0.1) is 6.20 Å². The molecule has 1 aliphatic carbocycles. The normalized spacial score (nSPS) is 16.3. The van der Waals surface area contributed by atoms with Crippen molar-refractivity contribution in [1.29, 1.82) is 0 Å². The maximum Gasteiger partial charge on any atom is 0.358 e. The monoisotopic (exact) mass is 252 g/mol. The van der Waals surface area contributed by atoms with Gasteiger partial charge in [-0.2, -0.15) is 0 Å². The van der Waals surface area contributed by atoms with Gasteiger partial charge in [0, 0.05) is 13.1 Å². The molecular formula is C11H16N4O3. The Morgan fingerprint density at radius 1 is 1.61 bits per heavy atom. The molecule has 1 atom stereocenters. The van der Waals surface area contributed by atoms with E-state index in [4.69, 9.17) is 5.11 Å². The molecule has 0 saturated heterocycles. The van der Waals surface area contributed by atoms with E-state index in [0.29, 0.717) is 5.92 Å². The van der Waals surface area contributed by atoms with Crippen molar-refractivity contribution in [2.45, 2.75) is 32.4 Å². The maximum atomic E-state index is 12.0. The molecule has 1 heterocycles. The molecule has 1 fully saturated rings. The summed E-state index contributed by atoms with van der Waals surface area (Å²) in [6.45, 7) is 2.05. The first-order valence-electron chi connectivity index (χ1n) is 5.88. The molecule has 0 aliphatic heterocycles. The van der Waals surface area contributed by atoms with Crippen molar-refractivity contribution in [2.24, 2.45) is 5.92 Å². The van der Waals surface area contributed by atoms with Crippen molar-refractivity contribution in [3.05, 3.63) is 11.9 Å². The number of carboxylic acid groups (broad SMARTS) is 1. The van der Waals surface area contributed by atoms with E-state index in [1.165, 1.54) is 23.7 Å². The van der Waals surface area contributed by atoms with Gasteiger partial charge in [0.1, 0.15) is 6.54 Å². The predicted octanol–water partition coefficient (Wildman–Crippen LogP) is 0.233. The molecule has 2 rings (SSSR count). The number of amides is 1. The lowest BCUT2D eigenvalue weighted by molar-refractivity contribution is -0.132. The first-order valence-corrected chi connectivity index (χ1v) is 5.88. The van der Waals surface area contributed by atoms with Crippen LogP contribution < -0.4 is 0 Å². The van der Waals surface area contributed by atoms with Gasteiger partial charge in [-0.25, -0.2) is 9.48 Å². The molecule has 1 N–H and O–H groups in total. The molecule has 0 aromatic carbocycles. The number of rotatable bonds is 5. The Morgan fingerprint density at radius 2 is 2.28 bits per heavy atom. The number of hydrogen-bond donors (Lipinski definition) is 1. The summed E-state index contributed by atoms with van der Waals surface area (Å²) in [6, 6.07) is 0.222. The SMILES string of the molecule is CC(C1CC1)N(C)C(=O)Cn1cc(C(=O)O)nn1. The highest BCUT2D eigenvalue weighted by atomic mass is 16.4. The second-order valence-electron chi connectivity index (χ2n) is 4.69. The fourth-order valence-electron chi connectivity index (χ4n) is 1.85. The molecule has 7 nitrogen and oxygen atoms in total. The number of carbonyl (C=O) groups is 2. The van der Waals surface area contributed by atoms with Crippen LogP contribution in [0.2, 0.25) is 0 Å². The molecule has 1 saturated carbocycles. The molecule has 1 unspecified atom stereocenters. The highest BCUT2D eigenvalue weighted by molar-refractivity contribution is 5.84. The highest BCUT2D eigenvalue weighted by Gasteiger charge is 2.32. The van der Waals surface area contributed by atoms with Gasteiger partial charge < -0.3 is 10.0 Å². The van der Waals surface area contributed by atoms with E-state index >= 15 is 0 Å². The fraction of sp³-hybridized carbons (Fsp3) is 0.636. The summed E-state index contributed by atoms with van der Waals surface area (Å²) in [7, 11) is 1.76. The van der Waals surface area contributed by atoms with Gasteiger partial charge in [-0.15, -0.1) is 5.10 Å². The molecule has 1 aromatic heterocycles. The van der Waals surface area contributed by atoms with E-state index in [-0.39, 0.29) is 24.2 Å². The van der Waals surface area contributed by atoms with E-state index in [2.05, 4.69) is 10.3 Å². The van der Waals surface area contributed by atoms with Gasteiger partial charge in [-0.3, -0.25) is 4.79 Å². The summed E-state index contributed by atoms with van der Waals surface area (Å²) in [5, 5.41) is 15.8. The summed E-state index contributed by atoms with van der Waals surface area (Å²) < 4.78 is 1.25. The fourth-order valence-corrected chi connectivity index (χ4v) is 1.85. The van der Waals surface area contributed by atoms with Crippen molar-refractivity contribution < 1.29 is 14.7 Å². The Balaban J connectivity index is 1.95. The number of aromatic nitrogens is 3. The number of nitrogens with zero attached hydrogens (tertiary/aromatic N) is 4. The van der Waals surface area contributed by atoms with Crippen LogP contribution in [-0.2, 0) is 11.3 Å². The van der Waals surface area contributed by atoms with Gasteiger partial charge >= 0.3 is 5.97 Å². The molecule has 0 bridgehead atoms. The van der Waals surface area contributed by atoms with Crippen LogP contribution in [0.3, 0.4) is 0 Å². The molecule has 1 aromatic rings. The van der Waals surface area contributed by atoms with E-state index in [0.717, 1.165) is 0 Å². The quantitative estimate of drug-likeness (QED) is 0.810. The minimum absolute atomic E-state index is 0.0217. The number of carboxylic acids is 1. The first-order chi connectivity index (χ1) is 8.49. The molecule has 1 aliphatic rings. The molecule has 1 amide bonds. The minimum Gasteiger partial charge on any atom is -0.476 e. The topological polar surface area (TPSA) is 88.3 Å². The zero-order valence-corrected chi connectivity index (χ0v) is 10.4. The number of hydrogen-bond acceptors (Lipinski definition) is 4. The molecule has 0 radical (unpaired) electrons. The smallest absolute Gasteiger partial charge is 0.358 e. The second kappa shape index (κ2) is 4.75. The van der Waals surface area contributed by atoms with Crippen LogP contribution in [0.4, 0.5) is 0 Å². The van der Waals surface area contributed by atoms with Gasteiger partial charge in [-0.05, 0) is 25.7 Å². The Bertz CT molecular complexity index is 467. The van der Waals surface area contributed by atoms with Crippen molar-refractivity contribution >= 4 is 11.9 Å². The average molecular weight is 252 g/mol. The number of likely N-dealkylation sites (N-methyl/N-ethyl adjacent to an activating group) is 1. The molecule has 18 heavy (non-hydrogen) atoms.